The molecule has 0 spiro atoms. The van der Waals surface area contributed by atoms with Crippen LogP contribution in [-0.2, 0) is 0 Å². The zero-order chi connectivity index (χ0) is 19.6. The normalized spacial score (nSPS) is 16.6. The molecule has 0 saturated heterocycles. The van der Waals surface area contributed by atoms with Gasteiger partial charge in [0.1, 0.15) is 6.17 Å². The van der Waals surface area contributed by atoms with Crippen LogP contribution in [0.1, 0.15) is 130 Å². The van der Waals surface area contributed by atoms with E-state index in [1.807, 2.05) is 0 Å². The van der Waals surface area contributed by atoms with E-state index in [9.17, 15) is 0 Å². The van der Waals surface area contributed by atoms with Crippen molar-refractivity contribution in [2.45, 2.75) is 136 Å². The summed E-state index contributed by atoms with van der Waals surface area (Å²) in [6.45, 7) is 9.40. The fraction of sp³-hybridized carbons (Fsp3) is 0.920. The maximum Gasteiger partial charge on any atom is 0.101 e. The van der Waals surface area contributed by atoms with Crippen molar-refractivity contribution < 1.29 is 0 Å². The molecule has 1 unspecified atom stereocenters. The molecule has 1 rings (SSSR count). The summed E-state index contributed by atoms with van der Waals surface area (Å²) in [5.41, 5.74) is 0. The van der Waals surface area contributed by atoms with Gasteiger partial charge in [0.15, 0.2) is 0 Å². The smallest absolute Gasteiger partial charge is 0.101 e. The number of nitrogens with zero attached hydrogens (tertiary/aromatic N) is 2. The van der Waals surface area contributed by atoms with E-state index in [0.717, 1.165) is 0 Å². The van der Waals surface area contributed by atoms with Gasteiger partial charge in [0.05, 0.1) is 0 Å². The minimum absolute atomic E-state index is 0.646. The van der Waals surface area contributed by atoms with Crippen LogP contribution in [0.2, 0.25) is 0 Å². The molecule has 0 N–H and O–H groups in total. The highest BCUT2D eigenvalue weighted by Crippen LogP contribution is 2.23. The van der Waals surface area contributed by atoms with Crippen molar-refractivity contribution in [3.8, 4) is 0 Å². The highest BCUT2D eigenvalue weighted by molar-refractivity contribution is 4.96. The van der Waals surface area contributed by atoms with Crippen LogP contribution in [0.15, 0.2) is 12.4 Å². The van der Waals surface area contributed by atoms with Gasteiger partial charge in [-0.2, -0.15) is 0 Å². The molecule has 0 aromatic carbocycles. The Labute approximate surface area is 171 Å². The van der Waals surface area contributed by atoms with E-state index in [-0.39, 0.29) is 0 Å². The lowest BCUT2D eigenvalue weighted by atomic mass is 10.0. The highest BCUT2D eigenvalue weighted by atomic mass is 15.4. The van der Waals surface area contributed by atoms with E-state index in [1.54, 1.807) is 0 Å². The van der Waals surface area contributed by atoms with E-state index in [4.69, 9.17) is 0 Å². The van der Waals surface area contributed by atoms with Gasteiger partial charge in [-0.25, -0.2) is 0 Å². The van der Waals surface area contributed by atoms with E-state index in [0.29, 0.717) is 6.17 Å². The van der Waals surface area contributed by atoms with Crippen LogP contribution < -0.4 is 0 Å². The molecule has 0 saturated carbocycles. The van der Waals surface area contributed by atoms with Gasteiger partial charge in [-0.1, -0.05) is 104 Å². The number of hydrogen-bond acceptors (Lipinski definition) is 2. The quantitative estimate of drug-likeness (QED) is 0.209. The Bertz CT molecular complexity index is 339. The van der Waals surface area contributed by atoms with Gasteiger partial charge < -0.3 is 9.80 Å². The summed E-state index contributed by atoms with van der Waals surface area (Å²) >= 11 is 0. The predicted octanol–water partition coefficient (Wildman–Crippen LogP) is 8.09. The average Bonchev–Trinajstić information content (AvgIpc) is 3.06. The Morgan fingerprint density at radius 2 is 0.889 bits per heavy atom. The van der Waals surface area contributed by atoms with Gasteiger partial charge in [0.25, 0.3) is 0 Å². The molecule has 1 aliphatic heterocycles. The molecule has 1 atom stereocenters. The zero-order valence-corrected chi connectivity index (χ0v) is 19.1. The van der Waals surface area contributed by atoms with Crippen LogP contribution in [0.25, 0.3) is 0 Å². The number of rotatable bonds is 19. The molecule has 0 amide bonds. The molecular weight excluding hydrogens is 328 g/mol. The summed E-state index contributed by atoms with van der Waals surface area (Å²) in [6.07, 6.45) is 29.2. The molecule has 2 heteroatoms. The molecule has 0 fully saturated rings. The second-order valence-electron chi connectivity index (χ2n) is 8.64. The molecular formula is C25H50N2. The van der Waals surface area contributed by atoms with E-state index in [2.05, 4.69) is 43.0 Å². The van der Waals surface area contributed by atoms with Crippen molar-refractivity contribution in [3.63, 3.8) is 0 Å². The summed E-state index contributed by atoms with van der Waals surface area (Å²) in [5.74, 6) is 0. The summed E-state index contributed by atoms with van der Waals surface area (Å²) in [7, 11) is 0. The molecule has 1 aliphatic rings. The Morgan fingerprint density at radius 1 is 0.481 bits per heavy atom. The first-order valence-corrected chi connectivity index (χ1v) is 12.5. The van der Waals surface area contributed by atoms with Crippen LogP contribution in [-0.4, -0.2) is 29.1 Å². The molecule has 160 valence electrons. The Balaban J connectivity index is 2.17. The highest BCUT2D eigenvalue weighted by Gasteiger charge is 2.24. The standard InChI is InChI=1S/C25H50N2/c1-4-7-10-12-13-14-15-16-17-18-20-25-26(21-9-6-3)23-24-27(25)22-19-11-8-5-2/h23-25H,4-22H2,1-3H3. The molecule has 27 heavy (non-hydrogen) atoms. The monoisotopic (exact) mass is 378 g/mol. The number of unbranched alkanes of at least 4 members (excludes halogenated alkanes) is 13. The van der Waals surface area contributed by atoms with Gasteiger partial charge >= 0.3 is 0 Å². The van der Waals surface area contributed by atoms with Crippen molar-refractivity contribution in [3.05, 3.63) is 12.4 Å². The lowest BCUT2D eigenvalue weighted by Crippen LogP contribution is -2.39. The molecule has 0 aromatic heterocycles. The SMILES string of the molecule is CCCCCCCCCCCCC1N(CCCC)C=CN1CCCCCC. The van der Waals surface area contributed by atoms with Crippen molar-refractivity contribution in [2.75, 3.05) is 13.1 Å². The van der Waals surface area contributed by atoms with Crippen LogP contribution >= 0.6 is 0 Å². The zero-order valence-electron chi connectivity index (χ0n) is 19.1. The fourth-order valence-electron chi connectivity index (χ4n) is 4.22. The Morgan fingerprint density at radius 3 is 1.41 bits per heavy atom. The first kappa shape index (κ1) is 24.4. The fourth-order valence-corrected chi connectivity index (χ4v) is 4.22. The second kappa shape index (κ2) is 17.4. The van der Waals surface area contributed by atoms with Crippen molar-refractivity contribution in [2.24, 2.45) is 0 Å². The van der Waals surface area contributed by atoms with Crippen LogP contribution in [0.5, 0.6) is 0 Å². The van der Waals surface area contributed by atoms with Crippen LogP contribution in [0, 0.1) is 0 Å². The van der Waals surface area contributed by atoms with Crippen LogP contribution in [0.3, 0.4) is 0 Å². The van der Waals surface area contributed by atoms with E-state index in [1.165, 1.54) is 122 Å². The third-order valence-electron chi connectivity index (χ3n) is 6.07. The lowest BCUT2D eigenvalue weighted by Gasteiger charge is -2.33. The molecule has 0 bridgehead atoms. The average molecular weight is 379 g/mol. The third kappa shape index (κ3) is 11.7. The molecule has 0 aliphatic carbocycles. The Hall–Kier alpha value is -0.660. The molecule has 0 radical (unpaired) electrons. The summed E-state index contributed by atoms with van der Waals surface area (Å²) in [6, 6.07) is 0. The maximum atomic E-state index is 2.64. The largest absolute Gasteiger partial charge is 0.356 e. The minimum Gasteiger partial charge on any atom is -0.356 e. The van der Waals surface area contributed by atoms with E-state index >= 15 is 0 Å². The van der Waals surface area contributed by atoms with Gasteiger partial charge in [-0.15, -0.1) is 0 Å². The Kier molecular flexibility index (Phi) is 15.7. The third-order valence-corrected chi connectivity index (χ3v) is 6.07. The first-order chi connectivity index (χ1) is 13.3. The summed E-state index contributed by atoms with van der Waals surface area (Å²) in [4.78, 5) is 5.26. The van der Waals surface area contributed by atoms with E-state index < -0.39 is 0 Å². The maximum absolute atomic E-state index is 2.64. The lowest BCUT2D eigenvalue weighted by molar-refractivity contribution is 0.136. The summed E-state index contributed by atoms with van der Waals surface area (Å²) < 4.78 is 0. The van der Waals surface area contributed by atoms with Gasteiger partial charge in [-0.3, -0.25) is 0 Å². The van der Waals surface area contributed by atoms with Crippen molar-refractivity contribution in [1.29, 1.82) is 0 Å². The van der Waals surface area contributed by atoms with Crippen LogP contribution in [0.4, 0.5) is 0 Å². The topological polar surface area (TPSA) is 6.48 Å². The minimum atomic E-state index is 0.646. The summed E-state index contributed by atoms with van der Waals surface area (Å²) in [5, 5.41) is 0. The molecule has 2 nitrogen and oxygen atoms in total. The van der Waals surface area contributed by atoms with Crippen molar-refractivity contribution >= 4 is 0 Å². The predicted molar refractivity (Wildman–Crippen MR) is 122 cm³/mol. The molecule has 0 aromatic rings. The van der Waals surface area contributed by atoms with Gasteiger partial charge in [0, 0.05) is 25.5 Å². The first-order valence-electron chi connectivity index (χ1n) is 12.5. The molecule has 1 heterocycles. The second-order valence-corrected chi connectivity index (χ2v) is 8.64. The van der Waals surface area contributed by atoms with Gasteiger partial charge in [0.2, 0.25) is 0 Å². The van der Waals surface area contributed by atoms with Crippen molar-refractivity contribution in [1.82, 2.24) is 9.80 Å². The van der Waals surface area contributed by atoms with Gasteiger partial charge in [-0.05, 0) is 25.7 Å². The number of hydrogen-bond donors (Lipinski definition) is 0.